The van der Waals surface area contributed by atoms with E-state index < -0.39 is 18.3 Å². The quantitative estimate of drug-likeness (QED) is 0.335. The molecule has 40 heavy (non-hydrogen) atoms. The molecule has 0 radical (unpaired) electrons. The Bertz CT molecular complexity index is 1320. The Labute approximate surface area is 233 Å². The molecule has 210 valence electrons. The van der Waals surface area contributed by atoms with Gasteiger partial charge in [-0.1, -0.05) is 49.7 Å². The lowest BCUT2D eigenvalue weighted by atomic mass is 9.90. The van der Waals surface area contributed by atoms with Gasteiger partial charge >= 0.3 is 6.16 Å². The van der Waals surface area contributed by atoms with E-state index in [-0.39, 0.29) is 25.2 Å². The third kappa shape index (κ3) is 5.84. The van der Waals surface area contributed by atoms with Crippen LogP contribution >= 0.6 is 0 Å². The predicted octanol–water partition coefficient (Wildman–Crippen LogP) is 5.46. The second-order valence-corrected chi connectivity index (χ2v) is 9.95. The van der Waals surface area contributed by atoms with Gasteiger partial charge in [0, 0.05) is 24.7 Å². The van der Waals surface area contributed by atoms with Crippen LogP contribution < -0.4 is 19.1 Å². The molecule has 0 unspecified atom stereocenters. The number of carbonyl (C=O) groups is 2. The molecule has 1 saturated heterocycles. The standard InChI is InChI=1S/C31H34N2O7/c1-3-4-16-33(23-8-6-5-7-9-23)28(34)19-32-18-25(22-12-15-26-27(17-22)39-20-38-26)30(40-31(35)36)29(32)21-10-13-24(37-2)14-11-21/h5-15,17,25,29-30H,3-4,16,18-20H2,1-2H3,(H,35,36)/t25-,29-,30+/m1/s1. The van der Waals surface area contributed by atoms with Gasteiger partial charge in [-0.25, -0.2) is 4.79 Å². The molecular formula is C31H34N2O7. The minimum Gasteiger partial charge on any atom is -0.497 e. The summed E-state index contributed by atoms with van der Waals surface area (Å²) < 4.78 is 22.0. The Morgan fingerprint density at radius 2 is 1.73 bits per heavy atom. The van der Waals surface area contributed by atoms with Crippen molar-refractivity contribution in [3.8, 4) is 17.2 Å². The van der Waals surface area contributed by atoms with Crippen LogP contribution in [0.15, 0.2) is 72.8 Å². The maximum absolute atomic E-state index is 13.9. The first-order valence-corrected chi connectivity index (χ1v) is 13.5. The molecule has 1 fully saturated rings. The maximum atomic E-state index is 13.9. The third-order valence-corrected chi connectivity index (χ3v) is 7.49. The zero-order valence-corrected chi connectivity index (χ0v) is 22.7. The first-order valence-electron chi connectivity index (χ1n) is 13.5. The van der Waals surface area contributed by atoms with Gasteiger partial charge < -0.3 is 29.0 Å². The van der Waals surface area contributed by atoms with E-state index in [9.17, 15) is 14.7 Å². The van der Waals surface area contributed by atoms with Crippen molar-refractivity contribution in [2.24, 2.45) is 0 Å². The molecule has 1 N–H and O–H groups in total. The largest absolute Gasteiger partial charge is 0.506 e. The SMILES string of the molecule is CCCCN(C(=O)CN1C[C@H](c2ccc3c(c2)OCO3)[C@H](OC(=O)O)[C@H]1c1ccc(OC)cc1)c1ccccc1. The number of likely N-dealkylation sites (tertiary alicyclic amines) is 1. The lowest BCUT2D eigenvalue weighted by Gasteiger charge is -2.30. The number of methoxy groups -OCH3 is 1. The number of carbonyl (C=O) groups excluding carboxylic acids is 1. The summed E-state index contributed by atoms with van der Waals surface area (Å²) in [6.45, 7) is 3.34. The number of hydrogen-bond donors (Lipinski definition) is 1. The van der Waals surface area contributed by atoms with Crippen molar-refractivity contribution in [1.82, 2.24) is 4.90 Å². The number of anilines is 1. The van der Waals surface area contributed by atoms with E-state index in [1.165, 1.54) is 0 Å². The van der Waals surface area contributed by atoms with Crippen LogP contribution in [-0.4, -0.2) is 61.7 Å². The fourth-order valence-corrected chi connectivity index (χ4v) is 5.55. The summed E-state index contributed by atoms with van der Waals surface area (Å²) >= 11 is 0. The highest BCUT2D eigenvalue weighted by atomic mass is 16.7. The Balaban J connectivity index is 1.51. The highest BCUT2D eigenvalue weighted by Crippen LogP contribution is 2.45. The lowest BCUT2D eigenvalue weighted by Crippen LogP contribution is -2.42. The van der Waals surface area contributed by atoms with Gasteiger partial charge in [-0.05, 0) is 53.9 Å². The molecule has 2 aliphatic heterocycles. The number of unbranched alkanes of at least 4 members (excludes halogenated alkanes) is 1. The van der Waals surface area contributed by atoms with Crippen molar-refractivity contribution < 1.29 is 33.6 Å². The van der Waals surface area contributed by atoms with E-state index in [1.807, 2.05) is 82.6 Å². The molecule has 3 atom stereocenters. The second-order valence-electron chi connectivity index (χ2n) is 9.95. The zero-order valence-electron chi connectivity index (χ0n) is 22.7. The molecule has 9 heteroatoms. The normalized spacial score (nSPS) is 19.8. The van der Waals surface area contributed by atoms with Crippen LogP contribution in [-0.2, 0) is 9.53 Å². The molecular weight excluding hydrogens is 512 g/mol. The van der Waals surface area contributed by atoms with Crippen LogP contribution in [0, 0.1) is 0 Å². The molecule has 5 rings (SSSR count). The molecule has 3 aromatic rings. The lowest BCUT2D eigenvalue weighted by molar-refractivity contribution is -0.120. The number of hydrogen-bond acceptors (Lipinski definition) is 7. The summed E-state index contributed by atoms with van der Waals surface area (Å²) in [6.07, 6.45) is -0.306. The van der Waals surface area contributed by atoms with Crippen LogP contribution in [0.25, 0.3) is 0 Å². The average molecular weight is 547 g/mol. The molecule has 1 amide bonds. The zero-order chi connectivity index (χ0) is 28.1. The van der Waals surface area contributed by atoms with Crippen LogP contribution in [0.4, 0.5) is 10.5 Å². The fourth-order valence-electron chi connectivity index (χ4n) is 5.55. The minimum absolute atomic E-state index is 0.0569. The number of fused-ring (bicyclic) bond motifs is 1. The Morgan fingerprint density at radius 3 is 2.42 bits per heavy atom. The van der Waals surface area contributed by atoms with E-state index in [1.54, 1.807) is 7.11 Å². The number of amides is 1. The number of nitrogens with zero attached hydrogens (tertiary/aromatic N) is 2. The van der Waals surface area contributed by atoms with E-state index in [0.717, 1.165) is 29.7 Å². The predicted molar refractivity (Wildman–Crippen MR) is 149 cm³/mol. The molecule has 0 aliphatic carbocycles. The molecule has 0 spiro atoms. The molecule has 3 aromatic carbocycles. The summed E-state index contributed by atoms with van der Waals surface area (Å²) in [4.78, 5) is 29.7. The Kier molecular flexibility index (Phi) is 8.40. The molecule has 2 heterocycles. The van der Waals surface area contributed by atoms with Crippen molar-refractivity contribution in [2.75, 3.05) is 38.4 Å². The second kappa shape index (κ2) is 12.3. The highest BCUT2D eigenvalue weighted by Gasteiger charge is 2.47. The van der Waals surface area contributed by atoms with Gasteiger partial charge in [0.15, 0.2) is 11.5 Å². The summed E-state index contributed by atoms with van der Waals surface area (Å²) in [5.41, 5.74) is 2.53. The van der Waals surface area contributed by atoms with Crippen molar-refractivity contribution in [3.05, 3.63) is 83.9 Å². The number of rotatable bonds is 10. The molecule has 0 aromatic heterocycles. The number of carboxylic acid groups (broad SMARTS) is 1. The molecule has 0 bridgehead atoms. The van der Waals surface area contributed by atoms with Crippen molar-refractivity contribution in [3.63, 3.8) is 0 Å². The van der Waals surface area contributed by atoms with Gasteiger partial charge in [0.05, 0.1) is 19.7 Å². The van der Waals surface area contributed by atoms with Crippen molar-refractivity contribution in [1.29, 1.82) is 0 Å². The van der Waals surface area contributed by atoms with Gasteiger partial charge in [-0.2, -0.15) is 0 Å². The van der Waals surface area contributed by atoms with Gasteiger partial charge in [0.25, 0.3) is 0 Å². The Morgan fingerprint density at radius 1 is 1.00 bits per heavy atom. The number of para-hydroxylation sites is 1. The highest BCUT2D eigenvalue weighted by molar-refractivity contribution is 5.94. The van der Waals surface area contributed by atoms with Gasteiger partial charge in [-0.3, -0.25) is 9.69 Å². The van der Waals surface area contributed by atoms with Gasteiger partial charge in [0.2, 0.25) is 12.7 Å². The molecule has 0 saturated carbocycles. The van der Waals surface area contributed by atoms with E-state index in [0.29, 0.717) is 30.3 Å². The molecule has 9 nitrogen and oxygen atoms in total. The van der Waals surface area contributed by atoms with Gasteiger partial charge in [0.1, 0.15) is 11.9 Å². The smallest absolute Gasteiger partial charge is 0.497 e. The van der Waals surface area contributed by atoms with E-state index in [4.69, 9.17) is 18.9 Å². The minimum atomic E-state index is -1.36. The summed E-state index contributed by atoms with van der Waals surface area (Å²) in [5.74, 6) is 1.54. The number of benzene rings is 3. The number of ether oxygens (including phenoxy) is 4. The van der Waals surface area contributed by atoms with Crippen LogP contribution in [0.5, 0.6) is 17.2 Å². The maximum Gasteiger partial charge on any atom is 0.506 e. The van der Waals surface area contributed by atoms with E-state index in [2.05, 4.69) is 6.92 Å². The van der Waals surface area contributed by atoms with Crippen molar-refractivity contribution >= 4 is 17.7 Å². The molecule has 2 aliphatic rings. The average Bonchev–Trinajstić information content (AvgIpc) is 3.57. The van der Waals surface area contributed by atoms with Gasteiger partial charge in [-0.15, -0.1) is 0 Å². The van der Waals surface area contributed by atoms with Crippen LogP contribution in [0.1, 0.15) is 42.9 Å². The monoisotopic (exact) mass is 546 g/mol. The summed E-state index contributed by atoms with van der Waals surface area (Å²) in [7, 11) is 1.59. The third-order valence-electron chi connectivity index (χ3n) is 7.49. The van der Waals surface area contributed by atoms with Crippen LogP contribution in [0.3, 0.4) is 0 Å². The summed E-state index contributed by atoms with van der Waals surface area (Å²) in [5, 5.41) is 9.76. The first kappa shape index (κ1) is 27.3. The fraction of sp³-hybridized carbons (Fsp3) is 0.355. The van der Waals surface area contributed by atoms with Crippen LogP contribution in [0.2, 0.25) is 0 Å². The Hall–Kier alpha value is -4.24. The first-order chi connectivity index (χ1) is 19.5. The van der Waals surface area contributed by atoms with Crippen molar-refractivity contribution in [2.45, 2.75) is 37.8 Å². The van der Waals surface area contributed by atoms with E-state index >= 15 is 0 Å². The summed E-state index contributed by atoms with van der Waals surface area (Å²) in [6, 6.07) is 22.2. The topological polar surface area (TPSA) is 97.8 Å².